The van der Waals surface area contributed by atoms with Gasteiger partial charge in [0, 0.05) is 37.9 Å². The number of piperidine rings is 1. The summed E-state index contributed by atoms with van der Waals surface area (Å²) >= 11 is 0. The average molecular weight is 352 g/mol. The van der Waals surface area contributed by atoms with Crippen molar-refractivity contribution in [2.75, 3.05) is 25.5 Å². The highest BCUT2D eigenvalue weighted by Crippen LogP contribution is 2.50. The van der Waals surface area contributed by atoms with Crippen LogP contribution < -0.4 is 4.90 Å². The summed E-state index contributed by atoms with van der Waals surface area (Å²) < 4.78 is 0. The van der Waals surface area contributed by atoms with Gasteiger partial charge in [0.15, 0.2) is 0 Å². The molecule has 3 atom stereocenters. The van der Waals surface area contributed by atoms with Gasteiger partial charge in [0.1, 0.15) is 0 Å². The summed E-state index contributed by atoms with van der Waals surface area (Å²) in [7, 11) is 4.09. The van der Waals surface area contributed by atoms with E-state index in [4.69, 9.17) is 0 Å². The van der Waals surface area contributed by atoms with Crippen molar-refractivity contribution in [2.24, 2.45) is 5.92 Å². The fraction of sp³-hybridized carbons (Fsp3) is 0.524. The molecular weight excluding hydrogens is 324 g/mol. The first-order chi connectivity index (χ1) is 12.5. The van der Waals surface area contributed by atoms with Gasteiger partial charge in [0.25, 0.3) is 0 Å². The summed E-state index contributed by atoms with van der Waals surface area (Å²) in [5.74, 6) is 0.833. The smallest absolute Gasteiger partial charge is 0.226 e. The van der Waals surface area contributed by atoms with Crippen LogP contribution in [0.5, 0.6) is 0 Å². The lowest BCUT2D eigenvalue weighted by atomic mass is 9.98. The number of aromatic nitrogens is 2. The third-order valence-corrected chi connectivity index (χ3v) is 5.80. The molecule has 1 unspecified atom stereocenters. The molecule has 0 radical (unpaired) electrons. The molecule has 1 aliphatic heterocycles. The van der Waals surface area contributed by atoms with E-state index in [0.717, 1.165) is 37.2 Å². The van der Waals surface area contributed by atoms with E-state index in [2.05, 4.69) is 50.3 Å². The minimum Gasteiger partial charge on any atom is -0.378 e. The van der Waals surface area contributed by atoms with Crippen LogP contribution in [0.2, 0.25) is 0 Å². The number of aryl methyl sites for hydroxylation is 1. The van der Waals surface area contributed by atoms with Crippen LogP contribution >= 0.6 is 0 Å². The van der Waals surface area contributed by atoms with Crippen molar-refractivity contribution in [1.29, 1.82) is 0 Å². The van der Waals surface area contributed by atoms with Gasteiger partial charge in [-0.15, -0.1) is 0 Å². The number of likely N-dealkylation sites (tertiary alicyclic amines) is 1. The predicted octanol–water partition coefficient (Wildman–Crippen LogP) is 3.64. The van der Waals surface area contributed by atoms with E-state index in [9.17, 15) is 4.79 Å². The largest absolute Gasteiger partial charge is 0.378 e. The maximum Gasteiger partial charge on any atom is 0.226 e. The molecule has 1 aromatic carbocycles. The Bertz CT molecular complexity index is 780. The van der Waals surface area contributed by atoms with Crippen LogP contribution in [-0.2, 0) is 4.79 Å². The van der Waals surface area contributed by atoms with Crippen molar-refractivity contribution in [1.82, 2.24) is 15.1 Å². The Hall–Kier alpha value is -2.30. The Morgan fingerprint density at radius 1 is 1.23 bits per heavy atom. The molecule has 1 saturated heterocycles. The van der Waals surface area contributed by atoms with Gasteiger partial charge in [-0.05, 0) is 62.3 Å². The van der Waals surface area contributed by atoms with E-state index in [1.165, 1.54) is 17.7 Å². The van der Waals surface area contributed by atoms with Crippen molar-refractivity contribution in [3.05, 3.63) is 47.3 Å². The molecule has 5 heteroatoms. The fourth-order valence-electron chi connectivity index (χ4n) is 4.18. The van der Waals surface area contributed by atoms with Crippen molar-refractivity contribution in [3.63, 3.8) is 0 Å². The lowest BCUT2D eigenvalue weighted by molar-refractivity contribution is -0.136. The number of hydrogen-bond acceptors (Lipinski definition) is 3. The number of benzene rings is 1. The average Bonchev–Trinajstić information content (AvgIpc) is 3.34. The van der Waals surface area contributed by atoms with Crippen molar-refractivity contribution >= 4 is 11.6 Å². The van der Waals surface area contributed by atoms with E-state index in [1.54, 1.807) is 0 Å². The summed E-state index contributed by atoms with van der Waals surface area (Å²) in [5.41, 5.74) is 4.56. The first-order valence-corrected chi connectivity index (χ1v) is 9.64. The van der Waals surface area contributed by atoms with Crippen LogP contribution in [0.25, 0.3) is 0 Å². The number of carbonyl (C=O) groups excluding carboxylic acids is 1. The van der Waals surface area contributed by atoms with Crippen LogP contribution in [0, 0.1) is 12.8 Å². The molecule has 1 amide bonds. The molecule has 2 fully saturated rings. The number of nitrogens with one attached hydrogen (secondary N) is 1. The van der Waals surface area contributed by atoms with Gasteiger partial charge >= 0.3 is 0 Å². The lowest BCUT2D eigenvalue weighted by Crippen LogP contribution is -2.39. The molecule has 1 N–H and O–H groups in total. The molecular formula is C21H28N4O. The van der Waals surface area contributed by atoms with E-state index >= 15 is 0 Å². The Morgan fingerprint density at radius 3 is 2.65 bits per heavy atom. The van der Waals surface area contributed by atoms with Gasteiger partial charge < -0.3 is 9.80 Å². The quantitative estimate of drug-likeness (QED) is 0.914. The topological polar surface area (TPSA) is 52.2 Å². The second kappa shape index (κ2) is 6.78. The van der Waals surface area contributed by atoms with E-state index in [0.29, 0.717) is 11.8 Å². The minimum atomic E-state index is 0.138. The number of carbonyl (C=O) groups is 1. The van der Waals surface area contributed by atoms with Crippen LogP contribution in [0.15, 0.2) is 30.3 Å². The molecule has 0 spiro atoms. The molecule has 1 saturated carbocycles. The standard InChI is InChI=1S/C21H28N4O/c1-14-12-19(23-22-14)20-6-4-5-11-25(20)21(26)18-13-17(18)15-7-9-16(10-8-15)24(2)3/h7-10,12,17-18,20H,4-6,11,13H2,1-3H3,(H,22,23)/t17-,18+,20?/m0/s1. The van der Waals surface area contributed by atoms with Gasteiger partial charge in [0.2, 0.25) is 5.91 Å². The van der Waals surface area contributed by atoms with Crippen molar-refractivity contribution < 1.29 is 4.79 Å². The maximum atomic E-state index is 13.2. The summed E-state index contributed by atoms with van der Waals surface area (Å²) in [6, 6.07) is 10.9. The van der Waals surface area contributed by atoms with Crippen LogP contribution in [0.1, 0.15) is 54.6 Å². The third kappa shape index (κ3) is 3.22. The van der Waals surface area contributed by atoms with E-state index < -0.39 is 0 Å². The molecule has 5 nitrogen and oxygen atoms in total. The number of rotatable bonds is 4. The predicted molar refractivity (Wildman–Crippen MR) is 103 cm³/mol. The van der Waals surface area contributed by atoms with Gasteiger partial charge in [-0.2, -0.15) is 5.10 Å². The molecule has 2 heterocycles. The number of amides is 1. The maximum absolute atomic E-state index is 13.2. The Labute approximate surface area is 155 Å². The van der Waals surface area contributed by atoms with E-state index in [1.807, 2.05) is 21.0 Å². The van der Waals surface area contributed by atoms with Gasteiger partial charge in [-0.3, -0.25) is 9.89 Å². The monoisotopic (exact) mass is 352 g/mol. The number of nitrogens with zero attached hydrogens (tertiary/aromatic N) is 3. The zero-order valence-electron chi connectivity index (χ0n) is 15.9. The molecule has 1 aromatic heterocycles. The zero-order valence-corrected chi connectivity index (χ0v) is 15.9. The molecule has 0 bridgehead atoms. The van der Waals surface area contributed by atoms with Crippen molar-refractivity contribution in [2.45, 2.75) is 44.6 Å². The Morgan fingerprint density at radius 2 is 2.00 bits per heavy atom. The fourth-order valence-corrected chi connectivity index (χ4v) is 4.18. The summed E-state index contributed by atoms with van der Waals surface area (Å²) in [4.78, 5) is 17.4. The molecule has 2 aliphatic rings. The number of hydrogen-bond donors (Lipinski definition) is 1. The van der Waals surface area contributed by atoms with Crippen LogP contribution in [0.4, 0.5) is 5.69 Å². The summed E-state index contributed by atoms with van der Waals surface area (Å²) in [5, 5.41) is 7.46. The van der Waals surface area contributed by atoms with Gasteiger partial charge in [-0.1, -0.05) is 12.1 Å². The number of aromatic amines is 1. The first-order valence-electron chi connectivity index (χ1n) is 9.64. The van der Waals surface area contributed by atoms with Gasteiger partial charge in [-0.25, -0.2) is 0 Å². The number of anilines is 1. The molecule has 138 valence electrons. The number of H-pyrrole nitrogens is 1. The molecule has 1 aliphatic carbocycles. The summed E-state index contributed by atoms with van der Waals surface area (Å²) in [6.45, 7) is 2.87. The second-order valence-corrected chi connectivity index (χ2v) is 7.95. The highest BCUT2D eigenvalue weighted by atomic mass is 16.2. The van der Waals surface area contributed by atoms with Crippen LogP contribution in [-0.4, -0.2) is 41.6 Å². The zero-order chi connectivity index (χ0) is 18.3. The van der Waals surface area contributed by atoms with Gasteiger partial charge in [0.05, 0.1) is 11.7 Å². The SMILES string of the molecule is Cc1cc(C2CCCCN2C(=O)[C@@H]2C[C@H]2c2ccc(N(C)C)cc2)n[nH]1. The second-order valence-electron chi connectivity index (χ2n) is 7.95. The Balaban J connectivity index is 1.47. The lowest BCUT2D eigenvalue weighted by Gasteiger charge is -2.35. The van der Waals surface area contributed by atoms with E-state index in [-0.39, 0.29) is 12.0 Å². The molecule has 26 heavy (non-hydrogen) atoms. The normalized spacial score (nSPS) is 25.2. The third-order valence-electron chi connectivity index (χ3n) is 5.80. The van der Waals surface area contributed by atoms with Crippen molar-refractivity contribution in [3.8, 4) is 0 Å². The molecule has 2 aromatic rings. The Kier molecular flexibility index (Phi) is 4.47. The highest BCUT2D eigenvalue weighted by molar-refractivity contribution is 5.83. The molecule has 4 rings (SSSR count). The highest BCUT2D eigenvalue weighted by Gasteiger charge is 2.47. The first kappa shape index (κ1) is 17.1. The van der Waals surface area contributed by atoms with Crippen LogP contribution in [0.3, 0.4) is 0 Å². The summed E-state index contributed by atoms with van der Waals surface area (Å²) in [6.07, 6.45) is 4.26. The minimum absolute atomic E-state index is 0.138.